The average molecular weight is 268 g/mol. The molecule has 0 aromatic carbocycles. The van der Waals surface area contributed by atoms with Gasteiger partial charge >= 0.3 is 0 Å². The molecule has 106 valence electrons. The molecule has 0 aliphatic carbocycles. The van der Waals surface area contributed by atoms with Crippen LogP contribution in [0.3, 0.4) is 0 Å². The highest BCUT2D eigenvalue weighted by Crippen LogP contribution is 2.00. The van der Waals surface area contributed by atoms with Gasteiger partial charge in [-0.15, -0.1) is 0 Å². The molecule has 1 rings (SSSR count). The number of furan rings is 1. The lowest BCUT2D eigenvalue weighted by Crippen LogP contribution is -2.45. The topological polar surface area (TPSA) is 91.6 Å². The number of aliphatic hydroxyl groups excluding tert-OH is 1. The second-order valence-corrected chi connectivity index (χ2v) is 4.45. The summed E-state index contributed by atoms with van der Waals surface area (Å²) < 4.78 is 4.93. The normalized spacial score (nSPS) is 13.6. The van der Waals surface area contributed by atoms with Crippen LogP contribution in [0.25, 0.3) is 0 Å². The third kappa shape index (κ3) is 5.56. The van der Waals surface area contributed by atoms with Gasteiger partial charge in [0.25, 0.3) is 5.91 Å². The van der Waals surface area contributed by atoms with Crippen LogP contribution in [0, 0.1) is 0 Å². The molecule has 6 nitrogen and oxygen atoms in total. The van der Waals surface area contributed by atoms with Crippen molar-refractivity contribution in [2.45, 2.75) is 38.8 Å². The largest absolute Gasteiger partial charge is 0.459 e. The maximum absolute atomic E-state index is 11.7. The van der Waals surface area contributed by atoms with E-state index in [-0.39, 0.29) is 17.8 Å². The summed E-state index contributed by atoms with van der Waals surface area (Å²) >= 11 is 0. The van der Waals surface area contributed by atoms with Crippen molar-refractivity contribution in [3.63, 3.8) is 0 Å². The molecule has 2 unspecified atom stereocenters. The van der Waals surface area contributed by atoms with Crippen LogP contribution in [0.2, 0.25) is 0 Å². The fourth-order valence-corrected chi connectivity index (χ4v) is 1.50. The highest BCUT2D eigenvalue weighted by molar-refractivity contribution is 5.95. The van der Waals surface area contributed by atoms with Crippen LogP contribution in [-0.4, -0.2) is 35.6 Å². The Morgan fingerprint density at radius 1 is 1.42 bits per heavy atom. The number of carbonyl (C=O) groups is 2. The molecule has 0 bridgehead atoms. The first-order valence-corrected chi connectivity index (χ1v) is 6.31. The zero-order valence-electron chi connectivity index (χ0n) is 11.2. The second-order valence-electron chi connectivity index (χ2n) is 4.45. The fraction of sp³-hybridized carbons (Fsp3) is 0.538. The van der Waals surface area contributed by atoms with Gasteiger partial charge in [0.1, 0.15) is 6.04 Å². The molecule has 2 amide bonds. The van der Waals surface area contributed by atoms with Gasteiger partial charge in [0.05, 0.1) is 12.4 Å². The molecule has 0 saturated heterocycles. The number of aliphatic hydroxyl groups is 1. The Morgan fingerprint density at radius 2 is 2.16 bits per heavy atom. The monoisotopic (exact) mass is 268 g/mol. The van der Waals surface area contributed by atoms with Gasteiger partial charge in [-0.3, -0.25) is 9.59 Å². The molecule has 6 heteroatoms. The molecule has 0 saturated carbocycles. The van der Waals surface area contributed by atoms with E-state index >= 15 is 0 Å². The van der Waals surface area contributed by atoms with Crippen LogP contribution >= 0.6 is 0 Å². The predicted molar refractivity (Wildman–Crippen MR) is 69.6 cm³/mol. The molecule has 0 spiro atoms. The Labute approximate surface area is 112 Å². The Balaban J connectivity index is 2.27. The van der Waals surface area contributed by atoms with Crippen LogP contribution in [0.4, 0.5) is 0 Å². The summed E-state index contributed by atoms with van der Waals surface area (Å²) in [5, 5.41) is 14.3. The third-order valence-electron chi connectivity index (χ3n) is 2.58. The van der Waals surface area contributed by atoms with Gasteiger partial charge in [-0.25, -0.2) is 0 Å². The lowest BCUT2D eigenvalue weighted by atomic mass is 10.2. The molecule has 19 heavy (non-hydrogen) atoms. The lowest BCUT2D eigenvalue weighted by Gasteiger charge is -2.13. The molecule has 1 aromatic rings. The molecule has 0 aliphatic heterocycles. The maximum atomic E-state index is 11.7. The molecule has 2 atom stereocenters. The molecule has 0 radical (unpaired) electrons. The summed E-state index contributed by atoms with van der Waals surface area (Å²) in [6.07, 6.45) is 2.36. The minimum atomic E-state index is -0.635. The number of rotatable bonds is 7. The third-order valence-corrected chi connectivity index (χ3v) is 2.58. The Kier molecular flexibility index (Phi) is 6.08. The number of carbonyl (C=O) groups excluding carboxylic acids is 2. The zero-order chi connectivity index (χ0) is 14.3. The molecule has 1 aromatic heterocycles. The molecular weight excluding hydrogens is 248 g/mol. The molecular formula is C13H20N2O4. The van der Waals surface area contributed by atoms with Gasteiger partial charge < -0.3 is 20.2 Å². The van der Waals surface area contributed by atoms with Crippen LogP contribution in [0.1, 0.15) is 37.2 Å². The molecule has 1 heterocycles. The van der Waals surface area contributed by atoms with E-state index in [0.717, 1.165) is 0 Å². The number of nitrogens with one attached hydrogen (secondary N) is 2. The van der Waals surface area contributed by atoms with E-state index in [4.69, 9.17) is 9.52 Å². The standard InChI is InChI=1S/C13H20N2O4/c1-9(16)5-3-7-14-12(17)10(2)15-13(18)11-6-4-8-19-11/h4,6,8-10,16H,3,5,7H2,1-2H3,(H,14,17)(H,15,18). The second kappa shape index (κ2) is 7.58. The Bertz CT molecular complexity index is 401. The summed E-state index contributed by atoms with van der Waals surface area (Å²) in [7, 11) is 0. The first-order chi connectivity index (χ1) is 9.00. The molecule has 0 aliphatic rings. The fourth-order valence-electron chi connectivity index (χ4n) is 1.50. The Morgan fingerprint density at radius 3 is 2.74 bits per heavy atom. The van der Waals surface area contributed by atoms with E-state index in [1.807, 2.05) is 0 Å². The SMILES string of the molecule is CC(O)CCCNC(=O)C(C)NC(=O)c1ccco1. The van der Waals surface area contributed by atoms with E-state index in [1.54, 1.807) is 19.9 Å². The van der Waals surface area contributed by atoms with Crippen molar-refractivity contribution < 1.29 is 19.1 Å². The quantitative estimate of drug-likeness (QED) is 0.634. The highest BCUT2D eigenvalue weighted by atomic mass is 16.3. The lowest BCUT2D eigenvalue weighted by molar-refractivity contribution is -0.122. The number of hydrogen-bond acceptors (Lipinski definition) is 4. The van der Waals surface area contributed by atoms with Crippen LogP contribution in [-0.2, 0) is 4.79 Å². The molecule has 3 N–H and O–H groups in total. The van der Waals surface area contributed by atoms with Crippen molar-refractivity contribution in [2.75, 3.05) is 6.54 Å². The van der Waals surface area contributed by atoms with Crippen molar-refractivity contribution in [2.24, 2.45) is 0 Å². The van der Waals surface area contributed by atoms with Crippen molar-refractivity contribution in [3.05, 3.63) is 24.2 Å². The van der Waals surface area contributed by atoms with Gasteiger partial charge in [0, 0.05) is 6.54 Å². The van der Waals surface area contributed by atoms with Gasteiger partial charge in [0.15, 0.2) is 5.76 Å². The van der Waals surface area contributed by atoms with Gasteiger partial charge in [-0.2, -0.15) is 0 Å². The highest BCUT2D eigenvalue weighted by Gasteiger charge is 2.17. The van der Waals surface area contributed by atoms with E-state index in [9.17, 15) is 9.59 Å². The predicted octanol–water partition coefficient (Wildman–Crippen LogP) is 0.675. The molecule has 0 fully saturated rings. The van der Waals surface area contributed by atoms with Gasteiger partial charge in [-0.1, -0.05) is 0 Å². The smallest absolute Gasteiger partial charge is 0.287 e. The van der Waals surface area contributed by atoms with E-state index in [2.05, 4.69) is 10.6 Å². The summed E-state index contributed by atoms with van der Waals surface area (Å²) in [5.74, 6) is -0.504. The van der Waals surface area contributed by atoms with E-state index in [1.165, 1.54) is 12.3 Å². The van der Waals surface area contributed by atoms with Crippen molar-refractivity contribution in [1.82, 2.24) is 10.6 Å². The van der Waals surface area contributed by atoms with Crippen molar-refractivity contribution in [3.8, 4) is 0 Å². The summed E-state index contributed by atoms with van der Waals surface area (Å²) in [4.78, 5) is 23.3. The van der Waals surface area contributed by atoms with Gasteiger partial charge in [-0.05, 0) is 38.8 Å². The first-order valence-electron chi connectivity index (χ1n) is 6.31. The maximum Gasteiger partial charge on any atom is 0.287 e. The van der Waals surface area contributed by atoms with Crippen molar-refractivity contribution in [1.29, 1.82) is 0 Å². The van der Waals surface area contributed by atoms with Gasteiger partial charge in [0.2, 0.25) is 5.91 Å². The van der Waals surface area contributed by atoms with Crippen LogP contribution in [0.15, 0.2) is 22.8 Å². The minimum Gasteiger partial charge on any atom is -0.459 e. The van der Waals surface area contributed by atoms with Crippen molar-refractivity contribution >= 4 is 11.8 Å². The first kappa shape index (κ1) is 15.2. The number of hydrogen-bond donors (Lipinski definition) is 3. The number of amides is 2. The zero-order valence-corrected chi connectivity index (χ0v) is 11.2. The summed E-state index contributed by atoms with van der Waals surface area (Å²) in [6.45, 7) is 3.78. The minimum absolute atomic E-state index is 0.175. The van der Waals surface area contributed by atoms with E-state index < -0.39 is 11.9 Å². The Hall–Kier alpha value is -1.82. The summed E-state index contributed by atoms with van der Waals surface area (Å²) in [5.41, 5.74) is 0. The van der Waals surface area contributed by atoms with Crippen LogP contribution < -0.4 is 10.6 Å². The van der Waals surface area contributed by atoms with Crippen LogP contribution in [0.5, 0.6) is 0 Å². The average Bonchev–Trinajstić information content (AvgIpc) is 2.87. The summed E-state index contributed by atoms with van der Waals surface area (Å²) in [6, 6.07) is 2.50. The van der Waals surface area contributed by atoms with E-state index in [0.29, 0.717) is 19.4 Å².